The molecular formula is C14H19NO4. The van der Waals surface area contributed by atoms with Gasteiger partial charge in [0.15, 0.2) is 17.3 Å². The Balaban J connectivity index is 1.99. The maximum Gasteiger partial charge on any atom is 0.176 e. The van der Waals surface area contributed by atoms with E-state index in [1.807, 2.05) is 0 Å². The molecule has 0 bridgehead atoms. The Labute approximate surface area is 112 Å². The second-order valence-corrected chi connectivity index (χ2v) is 4.82. The maximum atomic E-state index is 12.1. The molecule has 0 saturated heterocycles. The van der Waals surface area contributed by atoms with Crippen molar-refractivity contribution in [1.82, 2.24) is 4.90 Å². The number of benzene rings is 1. The summed E-state index contributed by atoms with van der Waals surface area (Å²) in [5.74, 6) is -0.533. The summed E-state index contributed by atoms with van der Waals surface area (Å²) in [5, 5.41) is 18.6. The number of aromatic hydroxyl groups is 2. The number of hydrogen-bond donors (Lipinski definition) is 2. The van der Waals surface area contributed by atoms with E-state index in [1.165, 1.54) is 18.2 Å². The number of carbonyl (C=O) groups excluding carboxylic acids is 1. The summed E-state index contributed by atoms with van der Waals surface area (Å²) in [6.45, 7) is 1.65. The molecule has 19 heavy (non-hydrogen) atoms. The van der Waals surface area contributed by atoms with E-state index in [2.05, 4.69) is 4.90 Å². The SMILES string of the molecule is COCCN(CC(=O)c1ccc(O)c(O)c1)C1CC1. The van der Waals surface area contributed by atoms with Crippen molar-refractivity contribution in [3.8, 4) is 11.5 Å². The lowest BCUT2D eigenvalue weighted by atomic mass is 10.1. The summed E-state index contributed by atoms with van der Waals surface area (Å²) in [7, 11) is 1.64. The van der Waals surface area contributed by atoms with Crippen molar-refractivity contribution in [2.75, 3.05) is 26.8 Å². The predicted molar refractivity (Wildman–Crippen MR) is 70.6 cm³/mol. The number of methoxy groups -OCH3 is 1. The average molecular weight is 265 g/mol. The lowest BCUT2D eigenvalue weighted by molar-refractivity contribution is 0.0885. The van der Waals surface area contributed by atoms with Crippen LogP contribution in [0.25, 0.3) is 0 Å². The summed E-state index contributed by atoms with van der Waals surface area (Å²) in [4.78, 5) is 14.2. The first-order valence-electron chi connectivity index (χ1n) is 6.40. The summed E-state index contributed by atoms with van der Waals surface area (Å²) < 4.78 is 5.05. The molecule has 0 heterocycles. The number of phenolic OH excluding ortho intramolecular Hbond substituents is 2. The topological polar surface area (TPSA) is 70.0 Å². The lowest BCUT2D eigenvalue weighted by Crippen LogP contribution is -2.34. The summed E-state index contributed by atoms with van der Waals surface area (Å²) in [6.07, 6.45) is 2.25. The highest BCUT2D eigenvalue weighted by Gasteiger charge is 2.30. The van der Waals surface area contributed by atoms with E-state index in [0.29, 0.717) is 24.8 Å². The number of hydrogen-bond acceptors (Lipinski definition) is 5. The Hall–Kier alpha value is -1.59. The van der Waals surface area contributed by atoms with Gasteiger partial charge in [-0.1, -0.05) is 0 Å². The number of nitrogens with zero attached hydrogens (tertiary/aromatic N) is 1. The molecule has 2 N–H and O–H groups in total. The second kappa shape index (κ2) is 6.04. The van der Waals surface area contributed by atoms with E-state index < -0.39 is 0 Å². The van der Waals surface area contributed by atoms with Crippen molar-refractivity contribution in [1.29, 1.82) is 0 Å². The molecule has 0 atom stereocenters. The normalized spacial score (nSPS) is 14.8. The molecule has 1 aliphatic carbocycles. The van der Waals surface area contributed by atoms with Crippen molar-refractivity contribution >= 4 is 5.78 Å². The summed E-state index contributed by atoms with van der Waals surface area (Å²) >= 11 is 0. The zero-order chi connectivity index (χ0) is 13.8. The molecule has 0 spiro atoms. The van der Waals surface area contributed by atoms with Crippen LogP contribution < -0.4 is 0 Å². The predicted octanol–water partition coefficient (Wildman–Crippen LogP) is 1.39. The van der Waals surface area contributed by atoms with E-state index in [1.54, 1.807) is 7.11 Å². The summed E-state index contributed by atoms with van der Waals surface area (Å²) in [6, 6.07) is 4.64. The van der Waals surface area contributed by atoms with E-state index in [9.17, 15) is 15.0 Å². The van der Waals surface area contributed by atoms with Gasteiger partial charge in [0.05, 0.1) is 13.2 Å². The minimum absolute atomic E-state index is 0.0571. The Morgan fingerprint density at radius 2 is 2.11 bits per heavy atom. The van der Waals surface area contributed by atoms with Crippen LogP contribution in [0.5, 0.6) is 11.5 Å². The first-order chi connectivity index (χ1) is 9.11. The minimum Gasteiger partial charge on any atom is -0.504 e. The number of Topliss-reactive ketones (excluding diaryl/α,β-unsaturated/α-hetero) is 1. The third-order valence-electron chi connectivity index (χ3n) is 3.29. The van der Waals surface area contributed by atoms with Crippen LogP contribution in [0.1, 0.15) is 23.2 Å². The largest absolute Gasteiger partial charge is 0.504 e. The van der Waals surface area contributed by atoms with Gasteiger partial charge in [-0.3, -0.25) is 9.69 Å². The highest BCUT2D eigenvalue weighted by atomic mass is 16.5. The van der Waals surface area contributed by atoms with Gasteiger partial charge in [0.25, 0.3) is 0 Å². The van der Waals surface area contributed by atoms with Crippen LogP contribution in [0.4, 0.5) is 0 Å². The molecule has 1 fully saturated rings. The van der Waals surface area contributed by atoms with Crippen molar-refractivity contribution in [2.45, 2.75) is 18.9 Å². The van der Waals surface area contributed by atoms with Crippen LogP contribution in [0, 0.1) is 0 Å². The number of phenols is 2. The van der Waals surface area contributed by atoms with E-state index in [0.717, 1.165) is 19.4 Å². The van der Waals surface area contributed by atoms with Crippen LogP contribution in [0.3, 0.4) is 0 Å². The molecule has 1 saturated carbocycles. The number of ether oxygens (including phenoxy) is 1. The summed E-state index contributed by atoms with van der Waals surface area (Å²) in [5.41, 5.74) is 0.415. The monoisotopic (exact) mass is 265 g/mol. The Kier molecular flexibility index (Phi) is 4.39. The molecule has 0 amide bonds. The molecule has 1 aromatic carbocycles. The number of ketones is 1. The molecule has 5 heteroatoms. The van der Waals surface area contributed by atoms with Gasteiger partial charge in [0, 0.05) is 25.3 Å². The van der Waals surface area contributed by atoms with E-state index >= 15 is 0 Å². The average Bonchev–Trinajstić information content (AvgIpc) is 3.21. The van der Waals surface area contributed by atoms with Gasteiger partial charge in [-0.2, -0.15) is 0 Å². The second-order valence-electron chi connectivity index (χ2n) is 4.82. The van der Waals surface area contributed by atoms with Gasteiger partial charge in [0.1, 0.15) is 0 Å². The quantitative estimate of drug-likeness (QED) is 0.576. The fourth-order valence-electron chi connectivity index (χ4n) is 2.01. The first-order valence-corrected chi connectivity index (χ1v) is 6.40. The van der Waals surface area contributed by atoms with E-state index in [4.69, 9.17) is 4.74 Å². The third-order valence-corrected chi connectivity index (χ3v) is 3.29. The van der Waals surface area contributed by atoms with Crippen LogP contribution >= 0.6 is 0 Å². The van der Waals surface area contributed by atoms with Crippen LogP contribution in [0.2, 0.25) is 0 Å². The Bertz CT molecular complexity index is 457. The van der Waals surface area contributed by atoms with Crippen molar-refractivity contribution in [3.05, 3.63) is 23.8 Å². The fraction of sp³-hybridized carbons (Fsp3) is 0.500. The number of rotatable bonds is 7. The van der Waals surface area contributed by atoms with Crippen LogP contribution in [-0.2, 0) is 4.74 Å². The zero-order valence-corrected chi connectivity index (χ0v) is 11.0. The molecule has 0 aliphatic heterocycles. The van der Waals surface area contributed by atoms with Gasteiger partial charge >= 0.3 is 0 Å². The van der Waals surface area contributed by atoms with Crippen molar-refractivity contribution in [2.24, 2.45) is 0 Å². The van der Waals surface area contributed by atoms with Crippen molar-refractivity contribution in [3.63, 3.8) is 0 Å². The molecular weight excluding hydrogens is 246 g/mol. The zero-order valence-electron chi connectivity index (χ0n) is 11.0. The smallest absolute Gasteiger partial charge is 0.176 e. The van der Waals surface area contributed by atoms with Gasteiger partial charge < -0.3 is 14.9 Å². The molecule has 5 nitrogen and oxygen atoms in total. The van der Waals surface area contributed by atoms with Crippen molar-refractivity contribution < 1.29 is 19.7 Å². The first kappa shape index (κ1) is 13.8. The standard InChI is InChI=1S/C14H19NO4/c1-19-7-6-15(11-3-4-11)9-14(18)10-2-5-12(16)13(17)8-10/h2,5,8,11,16-17H,3-4,6-7,9H2,1H3. The molecule has 0 unspecified atom stereocenters. The van der Waals surface area contributed by atoms with Gasteiger partial charge in [-0.25, -0.2) is 0 Å². The number of carbonyl (C=O) groups is 1. The Morgan fingerprint density at radius 1 is 1.37 bits per heavy atom. The van der Waals surface area contributed by atoms with Crippen LogP contribution in [0.15, 0.2) is 18.2 Å². The minimum atomic E-state index is -0.263. The molecule has 104 valence electrons. The lowest BCUT2D eigenvalue weighted by Gasteiger charge is -2.20. The highest BCUT2D eigenvalue weighted by Crippen LogP contribution is 2.28. The van der Waals surface area contributed by atoms with E-state index in [-0.39, 0.29) is 17.3 Å². The third kappa shape index (κ3) is 3.68. The Morgan fingerprint density at radius 3 is 2.68 bits per heavy atom. The highest BCUT2D eigenvalue weighted by molar-refractivity contribution is 5.98. The van der Waals surface area contributed by atoms with Gasteiger partial charge in [0.2, 0.25) is 0 Å². The van der Waals surface area contributed by atoms with Crippen LogP contribution in [-0.4, -0.2) is 53.7 Å². The fourth-order valence-corrected chi connectivity index (χ4v) is 2.01. The molecule has 1 aliphatic rings. The maximum absolute atomic E-state index is 12.1. The molecule has 2 rings (SSSR count). The van der Waals surface area contributed by atoms with Gasteiger partial charge in [-0.05, 0) is 31.0 Å². The van der Waals surface area contributed by atoms with Gasteiger partial charge in [-0.15, -0.1) is 0 Å². The molecule has 1 aromatic rings. The molecule has 0 radical (unpaired) electrons. The molecule has 0 aromatic heterocycles.